The van der Waals surface area contributed by atoms with Crippen LogP contribution in [0.5, 0.6) is 0 Å². The van der Waals surface area contributed by atoms with E-state index in [4.69, 9.17) is 0 Å². The maximum Gasteiger partial charge on any atom is -0.00608 e. The topological polar surface area (TPSA) is 0 Å². The van der Waals surface area contributed by atoms with Crippen LogP contribution in [-0.2, 0) is 12.8 Å². The second kappa shape index (κ2) is 5.71. The minimum Gasteiger partial charge on any atom is -0.0624 e. The van der Waals surface area contributed by atoms with Gasteiger partial charge in [-0.1, -0.05) is 84.0 Å². The van der Waals surface area contributed by atoms with Gasteiger partial charge in [0, 0.05) is 0 Å². The summed E-state index contributed by atoms with van der Waals surface area (Å²) in [5.41, 5.74) is 5.86. The highest BCUT2D eigenvalue weighted by molar-refractivity contribution is 5.37. The first kappa shape index (κ1) is 12.0. The van der Waals surface area contributed by atoms with E-state index in [0.29, 0.717) is 0 Å². The van der Waals surface area contributed by atoms with E-state index in [1.165, 1.54) is 22.3 Å². The Labute approximate surface area is 115 Å². The molecule has 3 rings (SSSR count). The zero-order chi connectivity index (χ0) is 12.9. The van der Waals surface area contributed by atoms with Crippen LogP contribution in [0.4, 0.5) is 0 Å². The van der Waals surface area contributed by atoms with Crippen molar-refractivity contribution in [2.24, 2.45) is 0 Å². The summed E-state index contributed by atoms with van der Waals surface area (Å²) in [6.07, 6.45) is 7.88. The molecule has 2 aromatic rings. The van der Waals surface area contributed by atoms with E-state index in [9.17, 15) is 0 Å². The number of benzene rings is 2. The Morgan fingerprint density at radius 3 is 1.42 bits per heavy atom. The minimum atomic E-state index is 1.08. The van der Waals surface area contributed by atoms with Gasteiger partial charge in [0.1, 0.15) is 0 Å². The molecule has 0 heterocycles. The fourth-order valence-electron chi connectivity index (χ4n) is 2.60. The van der Waals surface area contributed by atoms with Gasteiger partial charge in [-0.15, -0.1) is 0 Å². The molecule has 0 amide bonds. The van der Waals surface area contributed by atoms with Crippen molar-refractivity contribution < 1.29 is 0 Å². The lowest BCUT2D eigenvalue weighted by Crippen LogP contribution is -1.92. The predicted molar refractivity (Wildman–Crippen MR) is 81.1 cm³/mol. The Kier molecular flexibility index (Phi) is 3.60. The molecule has 0 nitrogen and oxygen atoms in total. The molecule has 0 N–H and O–H groups in total. The second-order valence-corrected chi connectivity index (χ2v) is 5.15. The van der Waals surface area contributed by atoms with Crippen molar-refractivity contribution >= 4 is 0 Å². The molecule has 0 saturated carbocycles. The smallest absolute Gasteiger partial charge is 0.00608 e. The second-order valence-electron chi connectivity index (χ2n) is 5.15. The van der Waals surface area contributed by atoms with Gasteiger partial charge in [0.2, 0.25) is 0 Å². The third kappa shape index (κ3) is 3.23. The Morgan fingerprint density at radius 1 is 0.579 bits per heavy atom. The van der Waals surface area contributed by atoms with Crippen LogP contribution in [0.2, 0.25) is 0 Å². The molecule has 0 aliphatic heterocycles. The minimum absolute atomic E-state index is 1.08. The molecule has 0 unspecified atom stereocenters. The van der Waals surface area contributed by atoms with E-state index < -0.39 is 0 Å². The molecule has 0 saturated heterocycles. The maximum atomic E-state index is 2.30. The van der Waals surface area contributed by atoms with Crippen molar-refractivity contribution in [3.8, 4) is 0 Å². The summed E-state index contributed by atoms with van der Waals surface area (Å²) < 4.78 is 0. The number of hydrogen-bond acceptors (Lipinski definition) is 0. The molecule has 0 aromatic heterocycles. The van der Waals surface area contributed by atoms with Crippen molar-refractivity contribution in [1.29, 1.82) is 0 Å². The van der Waals surface area contributed by atoms with Crippen molar-refractivity contribution in [3.05, 3.63) is 95.1 Å². The third-order valence-corrected chi connectivity index (χ3v) is 3.56. The molecule has 0 heteroatoms. The summed E-state index contributed by atoms with van der Waals surface area (Å²) in [5.74, 6) is 0. The van der Waals surface area contributed by atoms with Crippen molar-refractivity contribution in [1.82, 2.24) is 0 Å². The Balaban J connectivity index is 1.57. The Hall–Kier alpha value is -2.08. The lowest BCUT2D eigenvalue weighted by Gasteiger charge is -2.06. The summed E-state index contributed by atoms with van der Waals surface area (Å²) in [4.78, 5) is 0. The quantitative estimate of drug-likeness (QED) is 0.731. The van der Waals surface area contributed by atoms with E-state index in [1.54, 1.807) is 0 Å². The van der Waals surface area contributed by atoms with Crippen LogP contribution in [0.3, 0.4) is 0 Å². The zero-order valence-electron chi connectivity index (χ0n) is 11.0. The van der Waals surface area contributed by atoms with Crippen LogP contribution in [0.1, 0.15) is 17.5 Å². The molecular formula is C19H18. The largest absolute Gasteiger partial charge is 0.0624 e. The molecular weight excluding hydrogens is 228 g/mol. The summed E-state index contributed by atoms with van der Waals surface area (Å²) in [7, 11) is 0. The Bertz CT molecular complexity index is 533. The van der Waals surface area contributed by atoms with Gasteiger partial charge in [0.25, 0.3) is 0 Å². The van der Waals surface area contributed by atoms with Gasteiger partial charge < -0.3 is 0 Å². The molecule has 1 aliphatic carbocycles. The fraction of sp³-hybridized carbons (Fsp3) is 0.158. The van der Waals surface area contributed by atoms with Gasteiger partial charge in [-0.2, -0.15) is 0 Å². The van der Waals surface area contributed by atoms with Gasteiger partial charge in [-0.05, 0) is 30.4 Å². The van der Waals surface area contributed by atoms with Gasteiger partial charge in [-0.25, -0.2) is 0 Å². The van der Waals surface area contributed by atoms with E-state index >= 15 is 0 Å². The summed E-state index contributed by atoms with van der Waals surface area (Å²) in [5, 5.41) is 0. The average molecular weight is 246 g/mol. The van der Waals surface area contributed by atoms with Crippen molar-refractivity contribution in [2.75, 3.05) is 0 Å². The van der Waals surface area contributed by atoms with Crippen molar-refractivity contribution in [2.45, 2.75) is 19.3 Å². The zero-order valence-corrected chi connectivity index (χ0v) is 11.0. The van der Waals surface area contributed by atoms with Crippen LogP contribution in [0.15, 0.2) is 84.0 Å². The van der Waals surface area contributed by atoms with Crippen molar-refractivity contribution in [3.63, 3.8) is 0 Å². The maximum absolute atomic E-state index is 2.30. The first-order valence-corrected chi connectivity index (χ1v) is 6.85. The van der Waals surface area contributed by atoms with Gasteiger partial charge in [0.15, 0.2) is 0 Å². The lowest BCUT2D eigenvalue weighted by atomic mass is 9.99. The standard InChI is InChI=1S/C19H18/c1-3-7-16(8-4-1)13-18-11-12-19(15-18)14-17-9-5-2-6-10-17/h1-12H,13-15H2. The highest BCUT2D eigenvalue weighted by Crippen LogP contribution is 2.25. The molecule has 19 heavy (non-hydrogen) atoms. The number of hydrogen-bond donors (Lipinski definition) is 0. The predicted octanol–water partition coefficient (Wildman–Crippen LogP) is 4.73. The number of rotatable bonds is 4. The van der Waals surface area contributed by atoms with E-state index in [0.717, 1.165) is 19.3 Å². The van der Waals surface area contributed by atoms with Crippen LogP contribution < -0.4 is 0 Å². The molecule has 0 atom stereocenters. The summed E-state index contributed by atoms with van der Waals surface area (Å²) in [6, 6.07) is 21.4. The van der Waals surface area contributed by atoms with Gasteiger partial charge in [0.05, 0.1) is 0 Å². The van der Waals surface area contributed by atoms with Crippen LogP contribution >= 0.6 is 0 Å². The molecule has 2 aromatic carbocycles. The van der Waals surface area contributed by atoms with Crippen LogP contribution in [0, 0.1) is 0 Å². The molecule has 0 fully saturated rings. The molecule has 94 valence electrons. The van der Waals surface area contributed by atoms with E-state index in [2.05, 4.69) is 72.8 Å². The molecule has 0 radical (unpaired) electrons. The highest BCUT2D eigenvalue weighted by Gasteiger charge is 2.09. The summed E-state index contributed by atoms with van der Waals surface area (Å²) >= 11 is 0. The Morgan fingerprint density at radius 2 is 1.00 bits per heavy atom. The lowest BCUT2D eigenvalue weighted by molar-refractivity contribution is 0.995. The van der Waals surface area contributed by atoms with E-state index in [1.807, 2.05) is 0 Å². The molecule has 0 bridgehead atoms. The SMILES string of the molecule is C1=C(Cc2ccccc2)CC(Cc2ccccc2)=C1. The van der Waals surface area contributed by atoms with Gasteiger partial charge >= 0.3 is 0 Å². The molecule has 0 spiro atoms. The summed E-state index contributed by atoms with van der Waals surface area (Å²) in [6.45, 7) is 0. The van der Waals surface area contributed by atoms with E-state index in [-0.39, 0.29) is 0 Å². The normalized spacial score (nSPS) is 14.1. The first-order chi connectivity index (χ1) is 9.40. The van der Waals surface area contributed by atoms with Crippen LogP contribution in [0.25, 0.3) is 0 Å². The number of allylic oxidation sites excluding steroid dienone is 4. The monoisotopic (exact) mass is 246 g/mol. The van der Waals surface area contributed by atoms with Gasteiger partial charge in [-0.3, -0.25) is 0 Å². The highest BCUT2D eigenvalue weighted by atomic mass is 14.1. The first-order valence-electron chi connectivity index (χ1n) is 6.85. The third-order valence-electron chi connectivity index (χ3n) is 3.56. The average Bonchev–Trinajstić information content (AvgIpc) is 2.88. The fourth-order valence-corrected chi connectivity index (χ4v) is 2.60. The molecule has 1 aliphatic rings. The van der Waals surface area contributed by atoms with Crippen LogP contribution in [-0.4, -0.2) is 0 Å².